The summed E-state index contributed by atoms with van der Waals surface area (Å²) in [6.45, 7) is 8.98. The molecule has 0 rings (SSSR count). The number of nitrogens with two attached hydrogens (primary N) is 1. The van der Waals surface area contributed by atoms with Crippen molar-refractivity contribution < 1.29 is 0 Å². The van der Waals surface area contributed by atoms with Gasteiger partial charge in [-0.25, -0.2) is 0 Å². The Morgan fingerprint density at radius 2 is 1.75 bits per heavy atom. The summed E-state index contributed by atoms with van der Waals surface area (Å²) in [7, 11) is 0. The highest BCUT2D eigenvalue weighted by Crippen LogP contribution is 2.14. The summed E-state index contributed by atoms with van der Waals surface area (Å²) in [6.07, 6.45) is 3.66. The highest BCUT2D eigenvalue weighted by molar-refractivity contribution is 4.70. The van der Waals surface area contributed by atoms with Crippen molar-refractivity contribution in [2.75, 3.05) is 0 Å². The van der Waals surface area contributed by atoms with Gasteiger partial charge in [-0.1, -0.05) is 34.1 Å². The fourth-order valence-electron chi connectivity index (χ4n) is 1.33. The molecule has 0 aliphatic carbocycles. The van der Waals surface area contributed by atoms with Crippen molar-refractivity contribution in [3.05, 3.63) is 0 Å². The van der Waals surface area contributed by atoms with E-state index in [-0.39, 0.29) is 0 Å². The summed E-state index contributed by atoms with van der Waals surface area (Å²) < 4.78 is 0. The van der Waals surface area contributed by atoms with Crippen LogP contribution >= 0.6 is 0 Å². The van der Waals surface area contributed by atoms with E-state index in [1.54, 1.807) is 0 Å². The van der Waals surface area contributed by atoms with Crippen LogP contribution in [0.3, 0.4) is 0 Å². The molecule has 2 nitrogen and oxygen atoms in total. The molecule has 0 aliphatic heterocycles. The zero-order valence-corrected chi connectivity index (χ0v) is 8.93. The van der Waals surface area contributed by atoms with Gasteiger partial charge in [0.15, 0.2) is 0 Å². The first-order valence-corrected chi connectivity index (χ1v) is 5.07. The van der Waals surface area contributed by atoms with Gasteiger partial charge >= 0.3 is 0 Å². The van der Waals surface area contributed by atoms with E-state index in [4.69, 9.17) is 5.84 Å². The van der Waals surface area contributed by atoms with Crippen LogP contribution in [0.25, 0.3) is 0 Å². The van der Waals surface area contributed by atoms with E-state index in [9.17, 15) is 0 Å². The molecule has 12 heavy (non-hydrogen) atoms. The summed E-state index contributed by atoms with van der Waals surface area (Å²) in [6, 6.07) is 0.498. The second kappa shape index (κ2) is 6.44. The van der Waals surface area contributed by atoms with Crippen LogP contribution in [0, 0.1) is 11.8 Å². The van der Waals surface area contributed by atoms with Gasteiger partial charge in [0.25, 0.3) is 0 Å². The Morgan fingerprint density at radius 1 is 1.17 bits per heavy atom. The van der Waals surface area contributed by atoms with Gasteiger partial charge in [-0.15, -0.1) is 0 Å². The van der Waals surface area contributed by atoms with E-state index in [0.717, 1.165) is 5.92 Å². The molecule has 2 atom stereocenters. The lowest BCUT2D eigenvalue weighted by atomic mass is 9.93. The van der Waals surface area contributed by atoms with E-state index in [0.29, 0.717) is 12.0 Å². The van der Waals surface area contributed by atoms with Crippen molar-refractivity contribution in [3.63, 3.8) is 0 Å². The first-order chi connectivity index (χ1) is 5.61. The minimum absolute atomic E-state index is 0.498. The Hall–Kier alpha value is -0.0800. The number of hydrogen-bond acceptors (Lipinski definition) is 2. The molecule has 3 N–H and O–H groups in total. The van der Waals surface area contributed by atoms with Crippen LogP contribution < -0.4 is 11.3 Å². The average Bonchev–Trinajstić information content (AvgIpc) is 2.04. The monoisotopic (exact) mass is 172 g/mol. The fourth-order valence-corrected chi connectivity index (χ4v) is 1.33. The second-order valence-electron chi connectivity index (χ2n) is 4.13. The van der Waals surface area contributed by atoms with Crippen LogP contribution in [0.5, 0.6) is 0 Å². The van der Waals surface area contributed by atoms with E-state index < -0.39 is 0 Å². The molecule has 0 amide bonds. The van der Waals surface area contributed by atoms with E-state index in [1.807, 2.05) is 0 Å². The molecular weight excluding hydrogens is 148 g/mol. The molecule has 0 spiro atoms. The van der Waals surface area contributed by atoms with Crippen LogP contribution in [0.15, 0.2) is 0 Å². The SMILES string of the molecule is CCC(C)C(CCC(C)C)NN. The molecule has 2 heteroatoms. The summed E-state index contributed by atoms with van der Waals surface area (Å²) in [4.78, 5) is 0. The Labute approximate surface area is 76.9 Å². The Morgan fingerprint density at radius 3 is 2.08 bits per heavy atom. The Balaban J connectivity index is 3.67. The molecule has 74 valence electrons. The molecular formula is C10H24N2. The van der Waals surface area contributed by atoms with Crippen LogP contribution in [-0.4, -0.2) is 6.04 Å². The lowest BCUT2D eigenvalue weighted by Gasteiger charge is -2.22. The molecule has 0 radical (unpaired) electrons. The third-order valence-corrected chi connectivity index (χ3v) is 2.60. The zero-order chi connectivity index (χ0) is 9.56. The van der Waals surface area contributed by atoms with Crippen molar-refractivity contribution >= 4 is 0 Å². The van der Waals surface area contributed by atoms with Crippen molar-refractivity contribution in [1.82, 2.24) is 5.43 Å². The largest absolute Gasteiger partial charge is 0.271 e. The molecule has 0 aliphatic rings. The fraction of sp³-hybridized carbons (Fsp3) is 1.00. The highest BCUT2D eigenvalue weighted by Gasteiger charge is 2.13. The molecule has 0 saturated carbocycles. The van der Waals surface area contributed by atoms with Gasteiger partial charge in [0.1, 0.15) is 0 Å². The average molecular weight is 172 g/mol. The van der Waals surface area contributed by atoms with Crippen molar-refractivity contribution in [1.29, 1.82) is 0 Å². The van der Waals surface area contributed by atoms with E-state index >= 15 is 0 Å². The molecule has 0 aromatic heterocycles. The summed E-state index contributed by atoms with van der Waals surface area (Å²) in [5.41, 5.74) is 2.91. The van der Waals surface area contributed by atoms with Gasteiger partial charge in [-0.3, -0.25) is 11.3 Å². The van der Waals surface area contributed by atoms with Crippen LogP contribution in [0.1, 0.15) is 47.0 Å². The maximum absolute atomic E-state index is 5.49. The zero-order valence-electron chi connectivity index (χ0n) is 8.93. The standard InChI is InChI=1S/C10H24N2/c1-5-9(4)10(12-11)7-6-8(2)3/h8-10,12H,5-7,11H2,1-4H3. The molecule has 0 saturated heterocycles. The number of rotatable bonds is 6. The van der Waals surface area contributed by atoms with Crippen LogP contribution in [0.4, 0.5) is 0 Å². The number of hydrogen-bond donors (Lipinski definition) is 2. The lowest BCUT2D eigenvalue weighted by Crippen LogP contribution is -2.39. The molecule has 0 heterocycles. The number of hydrazine groups is 1. The van der Waals surface area contributed by atoms with Gasteiger partial charge in [0, 0.05) is 6.04 Å². The van der Waals surface area contributed by atoms with E-state index in [1.165, 1.54) is 19.3 Å². The molecule has 2 unspecified atom stereocenters. The molecule has 0 aromatic rings. The van der Waals surface area contributed by atoms with Gasteiger partial charge < -0.3 is 0 Å². The smallest absolute Gasteiger partial charge is 0.0236 e. The third-order valence-electron chi connectivity index (χ3n) is 2.60. The van der Waals surface area contributed by atoms with Crippen LogP contribution in [0.2, 0.25) is 0 Å². The minimum Gasteiger partial charge on any atom is -0.271 e. The first kappa shape index (κ1) is 11.9. The quantitative estimate of drug-likeness (QED) is 0.476. The first-order valence-electron chi connectivity index (χ1n) is 5.07. The van der Waals surface area contributed by atoms with Crippen molar-refractivity contribution in [2.24, 2.45) is 17.7 Å². The normalized spacial score (nSPS) is 16.5. The Bertz CT molecular complexity index is 102. The van der Waals surface area contributed by atoms with Gasteiger partial charge in [-0.2, -0.15) is 0 Å². The maximum atomic E-state index is 5.49. The van der Waals surface area contributed by atoms with Gasteiger partial charge in [0.05, 0.1) is 0 Å². The maximum Gasteiger partial charge on any atom is 0.0236 e. The highest BCUT2D eigenvalue weighted by atomic mass is 15.2. The topological polar surface area (TPSA) is 38.0 Å². The summed E-state index contributed by atoms with van der Waals surface area (Å²) >= 11 is 0. The number of nitrogens with one attached hydrogen (secondary N) is 1. The summed E-state index contributed by atoms with van der Waals surface area (Å²) in [5, 5.41) is 0. The predicted octanol–water partition coefficient (Wildman–Crippen LogP) is 2.30. The second-order valence-corrected chi connectivity index (χ2v) is 4.13. The van der Waals surface area contributed by atoms with Crippen LogP contribution in [-0.2, 0) is 0 Å². The van der Waals surface area contributed by atoms with Crippen molar-refractivity contribution in [2.45, 2.75) is 53.0 Å². The third kappa shape index (κ3) is 4.73. The minimum atomic E-state index is 0.498. The Kier molecular flexibility index (Phi) is 6.39. The predicted molar refractivity (Wildman–Crippen MR) is 54.6 cm³/mol. The molecule has 0 aromatic carbocycles. The van der Waals surface area contributed by atoms with Gasteiger partial charge in [-0.05, 0) is 24.7 Å². The van der Waals surface area contributed by atoms with Crippen molar-refractivity contribution in [3.8, 4) is 0 Å². The van der Waals surface area contributed by atoms with Gasteiger partial charge in [0.2, 0.25) is 0 Å². The summed E-state index contributed by atoms with van der Waals surface area (Å²) in [5.74, 6) is 6.96. The van der Waals surface area contributed by atoms with E-state index in [2.05, 4.69) is 33.1 Å². The molecule has 0 bridgehead atoms. The molecule has 0 fully saturated rings. The lowest BCUT2D eigenvalue weighted by molar-refractivity contribution is 0.331.